The van der Waals surface area contributed by atoms with Gasteiger partial charge in [-0.1, -0.05) is 37.5 Å². The van der Waals surface area contributed by atoms with Gasteiger partial charge in [0.2, 0.25) is 5.91 Å². The lowest BCUT2D eigenvalue weighted by atomic mass is 9.88. The van der Waals surface area contributed by atoms with Gasteiger partial charge in [-0.3, -0.25) is 14.6 Å². The van der Waals surface area contributed by atoms with Crippen molar-refractivity contribution in [2.24, 2.45) is 5.92 Å². The first kappa shape index (κ1) is 18.0. The number of amides is 2. The van der Waals surface area contributed by atoms with Gasteiger partial charge in [-0.25, -0.2) is 0 Å². The molecule has 0 atom stereocenters. The van der Waals surface area contributed by atoms with Crippen LogP contribution in [0.4, 0.5) is 0 Å². The van der Waals surface area contributed by atoms with Gasteiger partial charge < -0.3 is 9.80 Å². The fraction of sp³-hybridized carbons (Fsp3) is 0.500. The van der Waals surface area contributed by atoms with Crippen molar-refractivity contribution >= 4 is 22.7 Å². The largest absolute Gasteiger partial charge is 0.339 e. The van der Waals surface area contributed by atoms with E-state index in [1.165, 1.54) is 19.3 Å². The van der Waals surface area contributed by atoms with Crippen LogP contribution in [0.2, 0.25) is 0 Å². The number of pyridine rings is 1. The minimum atomic E-state index is 0.0430. The highest BCUT2D eigenvalue weighted by Crippen LogP contribution is 2.26. The number of benzene rings is 1. The third kappa shape index (κ3) is 3.68. The van der Waals surface area contributed by atoms with Crippen molar-refractivity contribution in [3.63, 3.8) is 0 Å². The van der Waals surface area contributed by atoms with E-state index in [1.54, 1.807) is 0 Å². The number of nitrogens with zero attached hydrogens (tertiary/aromatic N) is 3. The summed E-state index contributed by atoms with van der Waals surface area (Å²) in [6.07, 6.45) is 5.65. The maximum absolute atomic E-state index is 13.1. The summed E-state index contributed by atoms with van der Waals surface area (Å²) in [5, 5.41) is 0.897. The minimum Gasteiger partial charge on any atom is -0.339 e. The van der Waals surface area contributed by atoms with Crippen LogP contribution < -0.4 is 0 Å². The summed E-state index contributed by atoms with van der Waals surface area (Å²) in [4.78, 5) is 34.2. The van der Waals surface area contributed by atoms with Gasteiger partial charge in [0.25, 0.3) is 5.91 Å². The minimum absolute atomic E-state index is 0.0430. The molecule has 2 aliphatic rings. The molecular formula is C22H27N3O2. The van der Waals surface area contributed by atoms with E-state index in [-0.39, 0.29) is 11.8 Å². The highest BCUT2D eigenvalue weighted by Gasteiger charge is 2.30. The second-order valence-corrected chi connectivity index (χ2v) is 7.78. The Labute approximate surface area is 160 Å². The van der Waals surface area contributed by atoms with Crippen molar-refractivity contribution in [2.45, 2.75) is 39.0 Å². The summed E-state index contributed by atoms with van der Waals surface area (Å²) in [7, 11) is 0. The van der Waals surface area contributed by atoms with Crippen LogP contribution in [0.1, 0.15) is 48.2 Å². The summed E-state index contributed by atoms with van der Waals surface area (Å²) >= 11 is 0. The molecule has 0 bridgehead atoms. The van der Waals surface area contributed by atoms with E-state index in [1.807, 2.05) is 47.1 Å². The third-order valence-corrected chi connectivity index (χ3v) is 5.91. The smallest absolute Gasteiger partial charge is 0.254 e. The zero-order chi connectivity index (χ0) is 18.8. The lowest BCUT2D eigenvalue weighted by Crippen LogP contribution is -2.52. The van der Waals surface area contributed by atoms with Crippen LogP contribution in [0, 0.1) is 12.8 Å². The lowest BCUT2D eigenvalue weighted by Gasteiger charge is -2.37. The third-order valence-electron chi connectivity index (χ3n) is 5.91. The van der Waals surface area contributed by atoms with Crippen molar-refractivity contribution in [3.8, 4) is 0 Å². The van der Waals surface area contributed by atoms with Crippen LogP contribution in [-0.4, -0.2) is 52.8 Å². The van der Waals surface area contributed by atoms with Gasteiger partial charge in [-0.05, 0) is 31.9 Å². The van der Waals surface area contributed by atoms with Gasteiger partial charge in [0.15, 0.2) is 0 Å². The number of carbonyl (C=O) groups excluding carboxylic acids is 2. The lowest BCUT2D eigenvalue weighted by molar-refractivity contribution is -0.138. The zero-order valence-electron chi connectivity index (χ0n) is 16.0. The number of carbonyl (C=O) groups is 2. The molecule has 1 aliphatic carbocycles. The average molecular weight is 365 g/mol. The van der Waals surface area contributed by atoms with Gasteiger partial charge >= 0.3 is 0 Å². The molecule has 0 unspecified atom stereocenters. The summed E-state index contributed by atoms with van der Waals surface area (Å²) in [6, 6.07) is 9.66. The quantitative estimate of drug-likeness (QED) is 0.819. The number of aromatic nitrogens is 1. The maximum Gasteiger partial charge on any atom is 0.254 e. The first-order chi connectivity index (χ1) is 13.1. The zero-order valence-corrected chi connectivity index (χ0v) is 16.0. The molecule has 1 saturated heterocycles. The summed E-state index contributed by atoms with van der Waals surface area (Å²) in [5.41, 5.74) is 2.42. The van der Waals surface area contributed by atoms with Crippen LogP contribution in [0.5, 0.6) is 0 Å². The second kappa shape index (κ2) is 7.67. The summed E-state index contributed by atoms with van der Waals surface area (Å²) in [6.45, 7) is 4.41. The first-order valence-electron chi connectivity index (χ1n) is 10.1. The Morgan fingerprint density at radius 2 is 1.63 bits per heavy atom. The Morgan fingerprint density at radius 1 is 0.963 bits per heavy atom. The molecule has 0 N–H and O–H groups in total. The predicted octanol–water partition coefficient (Wildman–Crippen LogP) is 3.41. The number of piperazine rings is 1. The Kier molecular flexibility index (Phi) is 5.10. The molecule has 2 amide bonds. The van der Waals surface area contributed by atoms with Crippen LogP contribution in [0.25, 0.3) is 10.9 Å². The second-order valence-electron chi connectivity index (χ2n) is 7.78. The van der Waals surface area contributed by atoms with Crippen LogP contribution in [0.3, 0.4) is 0 Å². The standard InChI is InChI=1S/C22H27N3O2/c1-16-15-19(18-9-5-6-10-20(18)23-16)22(27)25-13-11-24(12-14-25)21(26)17-7-3-2-4-8-17/h5-6,9-10,15,17H,2-4,7-8,11-14H2,1H3. The molecule has 5 heteroatoms. The highest BCUT2D eigenvalue weighted by atomic mass is 16.2. The number of hydrogen-bond acceptors (Lipinski definition) is 3. The number of fused-ring (bicyclic) bond motifs is 1. The molecular weight excluding hydrogens is 338 g/mol. The number of para-hydroxylation sites is 1. The van der Waals surface area contributed by atoms with E-state index < -0.39 is 0 Å². The molecule has 2 fully saturated rings. The van der Waals surface area contributed by atoms with Crippen LogP contribution >= 0.6 is 0 Å². The fourth-order valence-electron chi connectivity index (χ4n) is 4.39. The molecule has 5 nitrogen and oxygen atoms in total. The normalized spacial score (nSPS) is 18.7. The van der Waals surface area contributed by atoms with Crippen LogP contribution in [-0.2, 0) is 4.79 Å². The van der Waals surface area contributed by atoms with E-state index in [9.17, 15) is 9.59 Å². The van der Waals surface area contributed by atoms with Gasteiger partial charge in [0.1, 0.15) is 0 Å². The molecule has 1 aromatic heterocycles. The molecule has 27 heavy (non-hydrogen) atoms. The van der Waals surface area contributed by atoms with Gasteiger partial charge in [-0.2, -0.15) is 0 Å². The maximum atomic E-state index is 13.1. The average Bonchev–Trinajstić information content (AvgIpc) is 2.73. The molecule has 0 radical (unpaired) electrons. The van der Waals surface area contributed by atoms with Gasteiger partial charge in [-0.15, -0.1) is 0 Å². The summed E-state index contributed by atoms with van der Waals surface area (Å²) < 4.78 is 0. The van der Waals surface area contributed by atoms with Gasteiger partial charge in [0.05, 0.1) is 11.1 Å². The van der Waals surface area contributed by atoms with E-state index in [4.69, 9.17) is 0 Å². The van der Waals surface area contributed by atoms with Crippen molar-refractivity contribution in [1.29, 1.82) is 0 Å². The Bertz CT molecular complexity index is 850. The van der Waals surface area contributed by atoms with Crippen molar-refractivity contribution in [3.05, 3.63) is 41.6 Å². The predicted molar refractivity (Wildman–Crippen MR) is 106 cm³/mol. The van der Waals surface area contributed by atoms with E-state index in [2.05, 4.69) is 4.98 Å². The van der Waals surface area contributed by atoms with Crippen molar-refractivity contribution < 1.29 is 9.59 Å². The van der Waals surface area contributed by atoms with E-state index >= 15 is 0 Å². The molecule has 0 spiro atoms. The van der Waals surface area contributed by atoms with Crippen molar-refractivity contribution in [1.82, 2.24) is 14.8 Å². The number of hydrogen-bond donors (Lipinski definition) is 0. The molecule has 142 valence electrons. The van der Waals surface area contributed by atoms with E-state index in [0.29, 0.717) is 37.6 Å². The monoisotopic (exact) mass is 365 g/mol. The number of aryl methyl sites for hydroxylation is 1. The Balaban J connectivity index is 1.45. The van der Waals surface area contributed by atoms with Crippen LogP contribution in [0.15, 0.2) is 30.3 Å². The molecule has 4 rings (SSSR count). The first-order valence-corrected chi connectivity index (χ1v) is 10.1. The number of rotatable bonds is 2. The SMILES string of the molecule is Cc1cc(C(=O)N2CCN(C(=O)C3CCCCC3)CC2)c2ccccc2n1. The topological polar surface area (TPSA) is 53.5 Å². The molecule has 2 heterocycles. The fourth-order valence-corrected chi connectivity index (χ4v) is 4.39. The Morgan fingerprint density at radius 3 is 2.37 bits per heavy atom. The summed E-state index contributed by atoms with van der Waals surface area (Å²) in [5.74, 6) is 0.543. The molecule has 2 aromatic rings. The molecule has 1 saturated carbocycles. The molecule has 1 aromatic carbocycles. The van der Waals surface area contributed by atoms with E-state index in [0.717, 1.165) is 29.4 Å². The highest BCUT2D eigenvalue weighted by molar-refractivity contribution is 6.06. The Hall–Kier alpha value is -2.43. The van der Waals surface area contributed by atoms with Gasteiger partial charge in [0, 0.05) is 43.2 Å². The molecule has 1 aliphatic heterocycles. The van der Waals surface area contributed by atoms with Crippen molar-refractivity contribution in [2.75, 3.05) is 26.2 Å².